The van der Waals surface area contributed by atoms with Crippen molar-refractivity contribution in [3.8, 4) is 11.5 Å². The number of hydrogen-bond acceptors (Lipinski definition) is 2. The van der Waals surface area contributed by atoms with E-state index in [1.165, 1.54) is 11.6 Å². The summed E-state index contributed by atoms with van der Waals surface area (Å²) in [5.41, 5.74) is 8.41. The Kier molecular flexibility index (Phi) is 4.28. The molecule has 0 saturated carbocycles. The molecule has 0 fully saturated rings. The van der Waals surface area contributed by atoms with Gasteiger partial charge in [0.1, 0.15) is 11.6 Å². The molecule has 0 saturated heterocycles. The van der Waals surface area contributed by atoms with E-state index in [9.17, 15) is 4.39 Å². The van der Waals surface area contributed by atoms with Gasteiger partial charge in [0.15, 0.2) is 5.75 Å². The van der Waals surface area contributed by atoms with Crippen molar-refractivity contribution in [1.29, 1.82) is 0 Å². The molecule has 2 N–H and O–H groups in total. The highest BCUT2D eigenvalue weighted by Crippen LogP contribution is 2.35. The largest absolute Gasteiger partial charge is 0.455 e. The Morgan fingerprint density at radius 1 is 1.10 bits per heavy atom. The van der Waals surface area contributed by atoms with Crippen molar-refractivity contribution in [3.63, 3.8) is 0 Å². The number of halogens is 2. The normalized spacial score (nSPS) is 11.5. The van der Waals surface area contributed by atoms with Crippen LogP contribution in [0.4, 0.5) is 10.1 Å². The van der Waals surface area contributed by atoms with Gasteiger partial charge in [0.25, 0.3) is 0 Å². The summed E-state index contributed by atoms with van der Waals surface area (Å²) in [6.45, 7) is 8.48. The molecule has 0 bridgehead atoms. The molecule has 0 heterocycles. The van der Waals surface area contributed by atoms with Crippen LogP contribution in [0.25, 0.3) is 0 Å². The minimum atomic E-state index is -0.403. The molecule has 21 heavy (non-hydrogen) atoms. The van der Waals surface area contributed by atoms with E-state index < -0.39 is 5.82 Å². The zero-order valence-electron chi connectivity index (χ0n) is 12.6. The second kappa shape index (κ2) is 5.68. The van der Waals surface area contributed by atoms with Gasteiger partial charge >= 0.3 is 0 Å². The predicted molar refractivity (Wildman–Crippen MR) is 88.5 cm³/mol. The molecule has 4 heteroatoms. The summed E-state index contributed by atoms with van der Waals surface area (Å²) in [6.07, 6.45) is 0. The lowest BCUT2D eigenvalue weighted by molar-refractivity contribution is 0.477. The van der Waals surface area contributed by atoms with Gasteiger partial charge in [-0.2, -0.15) is 0 Å². The van der Waals surface area contributed by atoms with E-state index in [2.05, 4.69) is 42.8 Å². The molecular weight excluding hydrogens is 333 g/mol. The maximum absolute atomic E-state index is 13.4. The summed E-state index contributed by atoms with van der Waals surface area (Å²) in [7, 11) is 0. The summed E-state index contributed by atoms with van der Waals surface area (Å²) in [5, 5.41) is 0. The van der Waals surface area contributed by atoms with Crippen LogP contribution in [-0.2, 0) is 5.41 Å². The number of nitrogen functional groups attached to an aromatic ring is 1. The first-order valence-electron chi connectivity index (χ1n) is 6.72. The van der Waals surface area contributed by atoms with Crippen LogP contribution in [0.1, 0.15) is 31.9 Å². The van der Waals surface area contributed by atoms with Gasteiger partial charge in [-0.15, -0.1) is 0 Å². The molecular formula is C17H19BrFNO. The lowest BCUT2D eigenvalue weighted by Crippen LogP contribution is -2.11. The molecule has 0 aliphatic rings. The first-order chi connectivity index (χ1) is 9.68. The third-order valence-corrected chi connectivity index (χ3v) is 3.92. The Hall–Kier alpha value is -1.55. The SMILES string of the molecule is Cc1cc(C(C)(C)C)ccc1Oc1cc(Br)c(F)cc1N. The van der Waals surface area contributed by atoms with Gasteiger partial charge in [-0.25, -0.2) is 4.39 Å². The van der Waals surface area contributed by atoms with Crippen molar-refractivity contribution in [2.24, 2.45) is 0 Å². The topological polar surface area (TPSA) is 35.2 Å². The first kappa shape index (κ1) is 15.8. The second-order valence-corrected chi connectivity index (χ2v) is 6.99. The number of nitrogens with two attached hydrogens (primary N) is 1. The minimum Gasteiger partial charge on any atom is -0.455 e. The average molecular weight is 352 g/mol. The van der Waals surface area contributed by atoms with Crippen molar-refractivity contribution in [2.45, 2.75) is 33.1 Å². The van der Waals surface area contributed by atoms with Crippen LogP contribution in [0, 0.1) is 12.7 Å². The van der Waals surface area contributed by atoms with Gasteiger partial charge in [-0.05, 0) is 45.5 Å². The average Bonchev–Trinajstić information content (AvgIpc) is 2.36. The Bertz CT molecular complexity index is 677. The predicted octanol–water partition coefficient (Wildman–Crippen LogP) is 5.57. The van der Waals surface area contributed by atoms with E-state index in [-0.39, 0.29) is 11.1 Å². The Balaban J connectivity index is 2.35. The Morgan fingerprint density at radius 3 is 2.33 bits per heavy atom. The molecule has 0 aliphatic heterocycles. The van der Waals surface area contributed by atoms with Crippen LogP contribution in [0.3, 0.4) is 0 Å². The quantitative estimate of drug-likeness (QED) is 0.718. The molecule has 0 unspecified atom stereocenters. The fourth-order valence-corrected chi connectivity index (χ4v) is 2.30. The number of ether oxygens (including phenoxy) is 1. The third kappa shape index (κ3) is 3.56. The zero-order valence-corrected chi connectivity index (χ0v) is 14.2. The maximum Gasteiger partial charge on any atom is 0.151 e. The molecule has 0 amide bonds. The number of hydrogen-bond donors (Lipinski definition) is 1. The molecule has 2 rings (SSSR count). The summed E-state index contributed by atoms with van der Waals surface area (Å²) < 4.78 is 19.5. The molecule has 0 atom stereocenters. The highest BCUT2D eigenvalue weighted by molar-refractivity contribution is 9.10. The second-order valence-electron chi connectivity index (χ2n) is 6.14. The van der Waals surface area contributed by atoms with Gasteiger partial charge < -0.3 is 10.5 Å². The van der Waals surface area contributed by atoms with E-state index >= 15 is 0 Å². The van der Waals surface area contributed by atoms with Crippen LogP contribution >= 0.6 is 15.9 Å². The zero-order chi connectivity index (χ0) is 15.8. The standard InChI is InChI=1S/C17H19BrFNO/c1-10-7-11(17(2,3)4)5-6-15(10)21-16-8-12(18)13(19)9-14(16)20/h5-9H,20H2,1-4H3. The van der Waals surface area contributed by atoms with Crippen molar-refractivity contribution in [1.82, 2.24) is 0 Å². The number of anilines is 1. The van der Waals surface area contributed by atoms with Gasteiger partial charge in [0.05, 0.1) is 10.2 Å². The molecule has 112 valence electrons. The summed E-state index contributed by atoms with van der Waals surface area (Å²) in [4.78, 5) is 0. The molecule has 2 nitrogen and oxygen atoms in total. The van der Waals surface area contributed by atoms with Crippen molar-refractivity contribution in [2.75, 3.05) is 5.73 Å². The molecule has 0 aliphatic carbocycles. The fraction of sp³-hybridized carbons (Fsp3) is 0.294. The highest BCUT2D eigenvalue weighted by Gasteiger charge is 2.15. The smallest absolute Gasteiger partial charge is 0.151 e. The minimum absolute atomic E-state index is 0.0845. The highest BCUT2D eigenvalue weighted by atomic mass is 79.9. The van der Waals surface area contributed by atoms with E-state index in [4.69, 9.17) is 10.5 Å². The Morgan fingerprint density at radius 2 is 1.76 bits per heavy atom. The van der Waals surface area contributed by atoms with Crippen molar-refractivity contribution in [3.05, 3.63) is 51.7 Å². The maximum atomic E-state index is 13.4. The molecule has 0 spiro atoms. The lowest BCUT2D eigenvalue weighted by Gasteiger charge is -2.20. The monoisotopic (exact) mass is 351 g/mol. The lowest BCUT2D eigenvalue weighted by atomic mass is 9.86. The molecule has 0 aromatic heterocycles. The van der Waals surface area contributed by atoms with Crippen LogP contribution in [0.15, 0.2) is 34.8 Å². The summed E-state index contributed by atoms with van der Waals surface area (Å²) in [6, 6.07) is 8.86. The third-order valence-electron chi connectivity index (χ3n) is 3.31. The van der Waals surface area contributed by atoms with E-state index in [1.807, 2.05) is 19.1 Å². The van der Waals surface area contributed by atoms with Crippen LogP contribution in [0.2, 0.25) is 0 Å². The van der Waals surface area contributed by atoms with Gasteiger partial charge in [0, 0.05) is 12.1 Å². The first-order valence-corrected chi connectivity index (χ1v) is 7.51. The number of benzene rings is 2. The van der Waals surface area contributed by atoms with Crippen molar-refractivity contribution < 1.29 is 9.13 Å². The van der Waals surface area contributed by atoms with Crippen LogP contribution in [-0.4, -0.2) is 0 Å². The van der Waals surface area contributed by atoms with Crippen LogP contribution < -0.4 is 10.5 Å². The van der Waals surface area contributed by atoms with Gasteiger partial charge in [-0.3, -0.25) is 0 Å². The Labute approximate surface area is 133 Å². The van der Waals surface area contributed by atoms with Crippen molar-refractivity contribution >= 4 is 21.6 Å². The number of rotatable bonds is 2. The number of aryl methyl sites for hydroxylation is 1. The van der Waals surface area contributed by atoms with E-state index in [1.54, 1.807) is 6.07 Å². The fourth-order valence-electron chi connectivity index (χ4n) is 1.98. The van der Waals surface area contributed by atoms with Gasteiger partial charge in [-0.1, -0.05) is 32.9 Å². The van der Waals surface area contributed by atoms with Crippen LogP contribution in [0.5, 0.6) is 11.5 Å². The summed E-state index contributed by atoms with van der Waals surface area (Å²) in [5.74, 6) is 0.753. The molecule has 2 aromatic carbocycles. The molecule has 2 aromatic rings. The van der Waals surface area contributed by atoms with E-state index in [0.717, 1.165) is 5.56 Å². The van der Waals surface area contributed by atoms with E-state index in [0.29, 0.717) is 16.0 Å². The van der Waals surface area contributed by atoms with Gasteiger partial charge in [0.2, 0.25) is 0 Å². The summed E-state index contributed by atoms with van der Waals surface area (Å²) >= 11 is 3.14. The molecule has 0 radical (unpaired) electrons.